The van der Waals surface area contributed by atoms with Gasteiger partial charge in [0.2, 0.25) is 0 Å². The second-order valence-corrected chi connectivity index (χ2v) is 6.77. The van der Waals surface area contributed by atoms with Gasteiger partial charge in [0.25, 0.3) is 0 Å². The first-order valence-electron chi connectivity index (χ1n) is 7.49. The van der Waals surface area contributed by atoms with E-state index >= 15 is 0 Å². The van der Waals surface area contributed by atoms with Crippen LogP contribution in [0.15, 0.2) is 36.4 Å². The van der Waals surface area contributed by atoms with E-state index in [0.717, 1.165) is 16.9 Å². The monoisotopic (exact) mass is 282 g/mol. The second kappa shape index (κ2) is 5.90. The number of nitrogens with one attached hydrogen (secondary N) is 1. The molecule has 0 saturated heterocycles. The van der Waals surface area contributed by atoms with Crippen LogP contribution in [0, 0.1) is 13.8 Å². The summed E-state index contributed by atoms with van der Waals surface area (Å²) in [6, 6.07) is 13.0. The quantitative estimate of drug-likeness (QED) is 0.848. The van der Waals surface area contributed by atoms with Gasteiger partial charge in [-0.1, -0.05) is 50.6 Å². The van der Waals surface area contributed by atoms with E-state index in [0.29, 0.717) is 6.54 Å². The lowest BCUT2D eigenvalue weighted by atomic mass is 9.86. The second-order valence-electron chi connectivity index (χ2n) is 6.77. The molecule has 2 rings (SSSR count). The van der Waals surface area contributed by atoms with E-state index < -0.39 is 0 Å². The minimum absolute atomic E-state index is 0.131. The van der Waals surface area contributed by atoms with Crippen molar-refractivity contribution in [3.8, 4) is 0 Å². The molecule has 0 amide bonds. The molecule has 0 aliphatic heterocycles. The van der Waals surface area contributed by atoms with Crippen molar-refractivity contribution in [2.24, 2.45) is 5.73 Å². The molecule has 112 valence electrons. The number of anilines is 2. The van der Waals surface area contributed by atoms with Gasteiger partial charge in [-0.05, 0) is 48.1 Å². The van der Waals surface area contributed by atoms with Crippen LogP contribution in [0.3, 0.4) is 0 Å². The number of hydrogen-bond donors (Lipinski definition) is 2. The van der Waals surface area contributed by atoms with Crippen LogP contribution in [0.5, 0.6) is 0 Å². The first kappa shape index (κ1) is 15.6. The van der Waals surface area contributed by atoms with E-state index in [1.54, 1.807) is 0 Å². The summed E-state index contributed by atoms with van der Waals surface area (Å²) in [7, 11) is 0. The van der Waals surface area contributed by atoms with Crippen molar-refractivity contribution in [1.29, 1.82) is 0 Å². The van der Waals surface area contributed by atoms with E-state index in [-0.39, 0.29) is 5.41 Å². The molecule has 0 aliphatic rings. The van der Waals surface area contributed by atoms with Crippen molar-refractivity contribution in [3.63, 3.8) is 0 Å². The molecule has 3 N–H and O–H groups in total. The summed E-state index contributed by atoms with van der Waals surface area (Å²) in [5, 5.41) is 3.55. The summed E-state index contributed by atoms with van der Waals surface area (Å²) in [4.78, 5) is 0. The highest BCUT2D eigenvalue weighted by atomic mass is 14.9. The molecule has 0 saturated carbocycles. The molecule has 0 bridgehead atoms. The Morgan fingerprint density at radius 2 is 1.67 bits per heavy atom. The van der Waals surface area contributed by atoms with Crippen molar-refractivity contribution in [1.82, 2.24) is 0 Å². The van der Waals surface area contributed by atoms with Crippen LogP contribution in [0.4, 0.5) is 11.4 Å². The zero-order valence-electron chi connectivity index (χ0n) is 13.7. The third kappa shape index (κ3) is 3.64. The third-order valence-electron chi connectivity index (χ3n) is 3.85. The number of hydrogen-bond acceptors (Lipinski definition) is 2. The first-order valence-corrected chi connectivity index (χ1v) is 7.49. The van der Waals surface area contributed by atoms with Gasteiger partial charge in [0.15, 0.2) is 0 Å². The van der Waals surface area contributed by atoms with Gasteiger partial charge < -0.3 is 11.1 Å². The average Bonchev–Trinajstić information content (AvgIpc) is 2.41. The minimum Gasteiger partial charge on any atom is -0.355 e. The van der Waals surface area contributed by atoms with E-state index in [1.807, 2.05) is 0 Å². The molecule has 2 heteroatoms. The molecule has 2 aromatic rings. The van der Waals surface area contributed by atoms with Gasteiger partial charge in [-0.25, -0.2) is 0 Å². The number of benzene rings is 2. The summed E-state index contributed by atoms with van der Waals surface area (Å²) in [6.45, 7) is 11.5. The lowest BCUT2D eigenvalue weighted by Gasteiger charge is -2.22. The van der Waals surface area contributed by atoms with Gasteiger partial charge >= 0.3 is 0 Å². The van der Waals surface area contributed by atoms with Crippen LogP contribution in [0.1, 0.15) is 43.0 Å². The summed E-state index contributed by atoms with van der Waals surface area (Å²) in [6.07, 6.45) is 0. The predicted molar refractivity (Wildman–Crippen MR) is 92.2 cm³/mol. The summed E-state index contributed by atoms with van der Waals surface area (Å²) in [5.41, 5.74) is 13.2. The van der Waals surface area contributed by atoms with Gasteiger partial charge in [-0.15, -0.1) is 0 Å². The number of rotatable bonds is 3. The predicted octanol–water partition coefficient (Wildman–Crippen LogP) is 4.80. The minimum atomic E-state index is 0.131. The zero-order valence-corrected chi connectivity index (χ0v) is 13.7. The summed E-state index contributed by atoms with van der Waals surface area (Å²) >= 11 is 0. The van der Waals surface area contributed by atoms with E-state index in [4.69, 9.17) is 5.73 Å². The van der Waals surface area contributed by atoms with Crippen LogP contribution >= 0.6 is 0 Å². The molecule has 2 aromatic carbocycles. The largest absolute Gasteiger partial charge is 0.355 e. The van der Waals surface area contributed by atoms with Crippen LogP contribution in [-0.2, 0) is 12.0 Å². The van der Waals surface area contributed by atoms with Crippen LogP contribution in [-0.4, -0.2) is 0 Å². The molecular weight excluding hydrogens is 256 g/mol. The van der Waals surface area contributed by atoms with E-state index in [1.165, 1.54) is 16.7 Å². The molecular formula is C19H26N2. The fourth-order valence-corrected chi connectivity index (χ4v) is 2.44. The standard InChI is InChI=1S/C19H26N2/c1-13-6-9-17(14(2)10-13)21-18-11-16(19(3,4)5)8-7-15(18)12-20/h6-11,21H,12,20H2,1-5H3. The Morgan fingerprint density at radius 1 is 0.952 bits per heavy atom. The highest BCUT2D eigenvalue weighted by molar-refractivity contribution is 5.67. The maximum absolute atomic E-state index is 5.89. The molecule has 0 unspecified atom stereocenters. The fraction of sp³-hybridized carbons (Fsp3) is 0.368. The van der Waals surface area contributed by atoms with Crippen molar-refractivity contribution in [2.45, 2.75) is 46.6 Å². The molecule has 0 fully saturated rings. The molecule has 0 atom stereocenters. The van der Waals surface area contributed by atoms with Crippen molar-refractivity contribution in [3.05, 3.63) is 58.7 Å². The Morgan fingerprint density at radius 3 is 2.24 bits per heavy atom. The van der Waals surface area contributed by atoms with Crippen LogP contribution < -0.4 is 11.1 Å². The molecule has 0 heterocycles. The van der Waals surface area contributed by atoms with Gasteiger partial charge in [0, 0.05) is 17.9 Å². The van der Waals surface area contributed by atoms with Gasteiger partial charge in [0.1, 0.15) is 0 Å². The van der Waals surface area contributed by atoms with Crippen molar-refractivity contribution < 1.29 is 0 Å². The fourth-order valence-electron chi connectivity index (χ4n) is 2.44. The topological polar surface area (TPSA) is 38.0 Å². The number of nitrogens with two attached hydrogens (primary N) is 1. The lowest BCUT2D eigenvalue weighted by Crippen LogP contribution is -2.12. The van der Waals surface area contributed by atoms with Crippen molar-refractivity contribution in [2.75, 3.05) is 5.32 Å². The Labute approximate surface area is 128 Å². The van der Waals surface area contributed by atoms with Crippen LogP contribution in [0.25, 0.3) is 0 Å². The van der Waals surface area contributed by atoms with Gasteiger partial charge in [0.05, 0.1) is 0 Å². The Bertz CT molecular complexity index is 636. The maximum atomic E-state index is 5.89. The maximum Gasteiger partial charge on any atom is 0.0432 e. The number of aryl methyl sites for hydroxylation is 2. The highest BCUT2D eigenvalue weighted by Gasteiger charge is 2.15. The smallest absolute Gasteiger partial charge is 0.0432 e. The van der Waals surface area contributed by atoms with Gasteiger partial charge in [-0.3, -0.25) is 0 Å². The lowest BCUT2D eigenvalue weighted by molar-refractivity contribution is 0.590. The molecule has 0 aromatic heterocycles. The first-order chi connectivity index (χ1) is 9.81. The highest BCUT2D eigenvalue weighted by Crippen LogP contribution is 2.30. The molecule has 0 spiro atoms. The van der Waals surface area contributed by atoms with Crippen molar-refractivity contribution >= 4 is 11.4 Å². The Balaban J connectivity index is 2.42. The Hall–Kier alpha value is -1.80. The average molecular weight is 282 g/mol. The summed E-state index contributed by atoms with van der Waals surface area (Å²) in [5.74, 6) is 0. The Kier molecular flexibility index (Phi) is 4.38. The van der Waals surface area contributed by atoms with E-state index in [9.17, 15) is 0 Å². The molecule has 0 aliphatic carbocycles. The molecule has 2 nitrogen and oxygen atoms in total. The van der Waals surface area contributed by atoms with Gasteiger partial charge in [-0.2, -0.15) is 0 Å². The molecule has 0 radical (unpaired) electrons. The third-order valence-corrected chi connectivity index (χ3v) is 3.85. The van der Waals surface area contributed by atoms with E-state index in [2.05, 4.69) is 76.3 Å². The van der Waals surface area contributed by atoms with Crippen LogP contribution in [0.2, 0.25) is 0 Å². The molecule has 21 heavy (non-hydrogen) atoms. The normalized spacial score (nSPS) is 11.5. The summed E-state index contributed by atoms with van der Waals surface area (Å²) < 4.78 is 0. The zero-order chi connectivity index (χ0) is 15.6. The SMILES string of the molecule is Cc1ccc(Nc2cc(C(C)(C)C)ccc2CN)c(C)c1.